The molecule has 0 spiro atoms. The first kappa shape index (κ1) is 9.41. The maximum atomic E-state index is 10.0. The van der Waals surface area contributed by atoms with Crippen molar-refractivity contribution in [3.05, 3.63) is 41.7 Å². The highest BCUT2D eigenvalue weighted by atomic mass is 16.3. The topological polar surface area (TPSA) is 33.1 Å². The molecule has 1 N–H and O–H groups in total. The van der Waals surface area contributed by atoms with Gasteiger partial charge in [-0.25, -0.2) is 0 Å². The minimum Gasteiger partial charge on any atom is -0.384 e. The fraction of sp³-hybridized carbons (Fsp3) is 0.417. The van der Waals surface area contributed by atoms with E-state index in [1.165, 1.54) is 12.8 Å². The highest BCUT2D eigenvalue weighted by molar-refractivity contribution is 5.23. The van der Waals surface area contributed by atoms with E-state index in [1.54, 1.807) is 12.4 Å². The molecular formula is C12H15NO. The summed E-state index contributed by atoms with van der Waals surface area (Å²) in [6.45, 7) is 0. The first-order valence-corrected chi connectivity index (χ1v) is 5.15. The van der Waals surface area contributed by atoms with Gasteiger partial charge in [0.15, 0.2) is 0 Å². The third-order valence-electron chi connectivity index (χ3n) is 2.68. The number of hydrogen-bond donors (Lipinski definition) is 1. The van der Waals surface area contributed by atoms with Crippen molar-refractivity contribution < 1.29 is 5.11 Å². The van der Waals surface area contributed by atoms with Crippen molar-refractivity contribution in [1.29, 1.82) is 0 Å². The Morgan fingerprint density at radius 2 is 2.29 bits per heavy atom. The lowest BCUT2D eigenvalue weighted by Crippen LogP contribution is -2.04. The molecular weight excluding hydrogens is 174 g/mol. The van der Waals surface area contributed by atoms with Crippen molar-refractivity contribution in [2.75, 3.05) is 0 Å². The third kappa shape index (κ3) is 2.02. The third-order valence-corrected chi connectivity index (χ3v) is 2.68. The minimum absolute atomic E-state index is 0.441. The van der Waals surface area contributed by atoms with Crippen LogP contribution in [0, 0.1) is 0 Å². The van der Waals surface area contributed by atoms with Crippen LogP contribution in [0.25, 0.3) is 0 Å². The van der Waals surface area contributed by atoms with E-state index in [9.17, 15) is 5.11 Å². The van der Waals surface area contributed by atoms with E-state index in [1.807, 2.05) is 12.1 Å². The molecule has 0 bridgehead atoms. The molecule has 1 heterocycles. The van der Waals surface area contributed by atoms with E-state index in [2.05, 4.69) is 11.1 Å². The number of nitrogens with zero attached hydrogens (tertiary/aromatic N) is 1. The fourth-order valence-corrected chi connectivity index (χ4v) is 1.86. The average Bonchev–Trinajstić information content (AvgIpc) is 2.30. The second-order valence-electron chi connectivity index (χ2n) is 3.71. The molecule has 0 aromatic carbocycles. The van der Waals surface area contributed by atoms with E-state index in [0.29, 0.717) is 0 Å². The summed E-state index contributed by atoms with van der Waals surface area (Å²) in [5.41, 5.74) is 2.06. The Morgan fingerprint density at radius 3 is 2.93 bits per heavy atom. The summed E-state index contributed by atoms with van der Waals surface area (Å²) in [4.78, 5) is 4.01. The molecule has 74 valence electrons. The van der Waals surface area contributed by atoms with Gasteiger partial charge in [0.25, 0.3) is 0 Å². The molecule has 1 aliphatic carbocycles. The fourth-order valence-electron chi connectivity index (χ4n) is 1.86. The van der Waals surface area contributed by atoms with Gasteiger partial charge in [-0.3, -0.25) is 4.98 Å². The van der Waals surface area contributed by atoms with Crippen molar-refractivity contribution in [3.63, 3.8) is 0 Å². The number of rotatable bonds is 2. The van der Waals surface area contributed by atoms with E-state index in [-0.39, 0.29) is 0 Å². The monoisotopic (exact) mass is 189 g/mol. The number of pyridine rings is 1. The number of aliphatic hydroxyl groups excluding tert-OH is 1. The summed E-state index contributed by atoms with van der Waals surface area (Å²) in [7, 11) is 0. The van der Waals surface area contributed by atoms with Gasteiger partial charge in [-0.15, -0.1) is 0 Å². The molecule has 0 radical (unpaired) electrons. The van der Waals surface area contributed by atoms with Crippen molar-refractivity contribution in [1.82, 2.24) is 4.98 Å². The van der Waals surface area contributed by atoms with E-state index >= 15 is 0 Å². The first-order chi connectivity index (χ1) is 6.88. The lowest BCUT2D eigenvalue weighted by molar-refractivity contribution is 0.208. The number of aliphatic hydroxyl groups is 1. The smallest absolute Gasteiger partial charge is 0.102 e. The molecule has 14 heavy (non-hydrogen) atoms. The molecule has 2 heteroatoms. The van der Waals surface area contributed by atoms with E-state index in [4.69, 9.17) is 0 Å². The second-order valence-corrected chi connectivity index (χ2v) is 3.71. The molecule has 1 aromatic heterocycles. The molecule has 0 fully saturated rings. The van der Waals surface area contributed by atoms with Gasteiger partial charge in [0.1, 0.15) is 6.10 Å². The molecule has 0 saturated carbocycles. The van der Waals surface area contributed by atoms with Crippen LogP contribution in [0.2, 0.25) is 0 Å². The molecule has 1 aliphatic rings. The molecule has 0 saturated heterocycles. The molecule has 2 rings (SSSR count). The highest BCUT2D eigenvalue weighted by Gasteiger charge is 2.14. The zero-order valence-corrected chi connectivity index (χ0v) is 8.19. The van der Waals surface area contributed by atoms with Crippen LogP contribution in [-0.2, 0) is 0 Å². The van der Waals surface area contributed by atoms with Gasteiger partial charge < -0.3 is 5.11 Å². The van der Waals surface area contributed by atoms with Gasteiger partial charge in [0.05, 0.1) is 0 Å². The van der Waals surface area contributed by atoms with Crippen molar-refractivity contribution >= 4 is 0 Å². The SMILES string of the molecule is OC(C1=CCCCC1)c1cccnc1. The number of allylic oxidation sites excluding steroid dienone is 1. The highest BCUT2D eigenvalue weighted by Crippen LogP contribution is 2.28. The average molecular weight is 189 g/mol. The predicted octanol–water partition coefficient (Wildman–Crippen LogP) is 2.62. The van der Waals surface area contributed by atoms with E-state index < -0.39 is 6.10 Å². The Balaban J connectivity index is 2.15. The summed E-state index contributed by atoms with van der Waals surface area (Å²) < 4.78 is 0. The predicted molar refractivity (Wildman–Crippen MR) is 55.7 cm³/mol. The Labute approximate surface area is 84.3 Å². The quantitative estimate of drug-likeness (QED) is 0.725. The number of aromatic nitrogens is 1. The lowest BCUT2D eigenvalue weighted by Gasteiger charge is -2.18. The maximum absolute atomic E-state index is 10.0. The van der Waals surface area contributed by atoms with Crippen LogP contribution in [0.1, 0.15) is 37.4 Å². The van der Waals surface area contributed by atoms with Crippen molar-refractivity contribution in [3.8, 4) is 0 Å². The van der Waals surface area contributed by atoms with E-state index in [0.717, 1.165) is 24.0 Å². The normalized spacial score (nSPS) is 18.8. The van der Waals surface area contributed by atoms with Gasteiger partial charge in [-0.05, 0) is 37.3 Å². The van der Waals surface area contributed by atoms with Gasteiger partial charge in [-0.2, -0.15) is 0 Å². The zero-order valence-electron chi connectivity index (χ0n) is 8.19. The Hall–Kier alpha value is -1.15. The zero-order chi connectivity index (χ0) is 9.80. The van der Waals surface area contributed by atoms with Crippen LogP contribution < -0.4 is 0 Å². The van der Waals surface area contributed by atoms with Gasteiger partial charge in [0.2, 0.25) is 0 Å². The molecule has 2 nitrogen and oxygen atoms in total. The maximum Gasteiger partial charge on any atom is 0.102 e. The standard InChI is InChI=1S/C12H15NO/c14-12(10-5-2-1-3-6-10)11-7-4-8-13-9-11/h4-5,7-9,12,14H,1-3,6H2. The Morgan fingerprint density at radius 1 is 1.36 bits per heavy atom. The van der Waals surface area contributed by atoms with Gasteiger partial charge >= 0.3 is 0 Å². The summed E-state index contributed by atoms with van der Waals surface area (Å²) in [5, 5.41) is 10.0. The second kappa shape index (κ2) is 4.38. The summed E-state index contributed by atoms with van der Waals surface area (Å²) in [6.07, 6.45) is 9.77. The van der Waals surface area contributed by atoms with Gasteiger partial charge in [0, 0.05) is 18.0 Å². The molecule has 0 aliphatic heterocycles. The summed E-state index contributed by atoms with van der Waals surface area (Å²) >= 11 is 0. The van der Waals surface area contributed by atoms with Crippen LogP contribution in [0.15, 0.2) is 36.2 Å². The summed E-state index contributed by atoms with van der Waals surface area (Å²) in [5.74, 6) is 0. The van der Waals surface area contributed by atoms with Crippen LogP contribution in [0.3, 0.4) is 0 Å². The molecule has 1 unspecified atom stereocenters. The van der Waals surface area contributed by atoms with Crippen molar-refractivity contribution in [2.45, 2.75) is 31.8 Å². The molecule has 0 amide bonds. The lowest BCUT2D eigenvalue weighted by atomic mass is 9.92. The number of hydrogen-bond acceptors (Lipinski definition) is 2. The van der Waals surface area contributed by atoms with Crippen LogP contribution >= 0.6 is 0 Å². The molecule has 1 atom stereocenters. The van der Waals surface area contributed by atoms with Crippen molar-refractivity contribution in [2.24, 2.45) is 0 Å². The minimum atomic E-state index is -0.441. The van der Waals surface area contributed by atoms with Crippen LogP contribution in [0.4, 0.5) is 0 Å². The Kier molecular flexibility index (Phi) is 2.94. The van der Waals surface area contributed by atoms with Crippen LogP contribution in [-0.4, -0.2) is 10.1 Å². The van der Waals surface area contributed by atoms with Gasteiger partial charge in [-0.1, -0.05) is 12.1 Å². The Bertz CT molecular complexity index is 318. The molecule has 1 aromatic rings. The largest absolute Gasteiger partial charge is 0.384 e. The van der Waals surface area contributed by atoms with Crippen LogP contribution in [0.5, 0.6) is 0 Å². The first-order valence-electron chi connectivity index (χ1n) is 5.15. The summed E-state index contributed by atoms with van der Waals surface area (Å²) in [6, 6.07) is 3.79.